The van der Waals surface area contributed by atoms with E-state index in [0.717, 1.165) is 13.2 Å². The lowest BCUT2D eigenvalue weighted by atomic mass is 10.1. The van der Waals surface area contributed by atoms with Crippen LogP contribution in [0, 0.1) is 20.8 Å². The van der Waals surface area contributed by atoms with Gasteiger partial charge in [0.05, 0.1) is 6.61 Å². The minimum Gasteiger partial charge on any atom is -0.400 e. The monoisotopic (exact) mass is 369 g/mol. The number of aryl methyl sites for hydroxylation is 3. The normalized spacial score (nSPS) is 20.3. The number of methoxy groups -OCH3 is 1. The van der Waals surface area contributed by atoms with E-state index in [-0.39, 0.29) is 0 Å². The molecule has 1 fully saturated rings. The maximum absolute atomic E-state index is 6.58. The van der Waals surface area contributed by atoms with Crippen molar-refractivity contribution >= 4 is 18.9 Å². The van der Waals surface area contributed by atoms with Crippen molar-refractivity contribution in [3.05, 3.63) is 59.2 Å². The minimum atomic E-state index is -2.55. The molecule has 26 heavy (non-hydrogen) atoms. The summed E-state index contributed by atoms with van der Waals surface area (Å²) in [7, 11) is 1.16. The highest BCUT2D eigenvalue weighted by atomic mass is 28.4. The molecule has 3 rings (SSSR count). The maximum atomic E-state index is 6.58. The van der Waals surface area contributed by atoms with Crippen LogP contribution in [-0.2, 0) is 9.16 Å². The third kappa shape index (κ3) is 3.27. The van der Waals surface area contributed by atoms with Crippen LogP contribution in [0.5, 0.6) is 0 Å². The topological polar surface area (TPSA) is 21.7 Å². The Labute approximate surface area is 159 Å². The fourth-order valence-electron chi connectivity index (χ4n) is 4.79. The molecule has 0 amide bonds. The zero-order valence-corrected chi connectivity index (χ0v) is 17.7. The van der Waals surface area contributed by atoms with Crippen LogP contribution in [0.15, 0.2) is 42.5 Å². The highest BCUT2D eigenvalue weighted by Gasteiger charge is 2.51. The first-order valence-electron chi connectivity index (χ1n) is 9.49. The van der Waals surface area contributed by atoms with Crippen molar-refractivity contribution in [2.75, 3.05) is 27.4 Å². The van der Waals surface area contributed by atoms with Crippen LogP contribution in [0.3, 0.4) is 0 Å². The average molecular weight is 370 g/mol. The minimum absolute atomic E-state index is 0.409. The molecule has 0 radical (unpaired) electrons. The quantitative estimate of drug-likeness (QED) is 0.731. The molecule has 1 aliphatic rings. The van der Waals surface area contributed by atoms with Crippen molar-refractivity contribution in [2.24, 2.45) is 0 Å². The van der Waals surface area contributed by atoms with Crippen molar-refractivity contribution in [1.82, 2.24) is 4.57 Å². The van der Waals surface area contributed by atoms with E-state index >= 15 is 0 Å². The fraction of sp³-hybridized carbons (Fsp3) is 0.455. The van der Waals surface area contributed by atoms with Crippen molar-refractivity contribution in [2.45, 2.75) is 39.7 Å². The number of ether oxygens (including phenoxy) is 1. The third-order valence-electron chi connectivity index (χ3n) is 5.62. The Hall–Kier alpha value is -1.46. The molecule has 0 aliphatic carbocycles. The lowest BCUT2D eigenvalue weighted by molar-refractivity contribution is 0.138. The second-order valence-electron chi connectivity index (χ2n) is 7.43. The highest BCUT2D eigenvalue weighted by molar-refractivity contribution is 6.96. The van der Waals surface area contributed by atoms with Crippen LogP contribution in [0.4, 0.5) is 0 Å². The van der Waals surface area contributed by atoms with E-state index in [1.165, 1.54) is 39.9 Å². The maximum Gasteiger partial charge on any atom is 0.339 e. The van der Waals surface area contributed by atoms with Gasteiger partial charge in [0, 0.05) is 20.3 Å². The second kappa shape index (κ2) is 8.05. The number of rotatable bonds is 6. The van der Waals surface area contributed by atoms with Crippen molar-refractivity contribution in [1.29, 1.82) is 0 Å². The summed E-state index contributed by atoms with van der Waals surface area (Å²) in [5.41, 5.74) is 3.98. The average Bonchev–Trinajstić information content (AvgIpc) is 3.08. The summed E-state index contributed by atoms with van der Waals surface area (Å²) >= 11 is 0. The molecular weight excluding hydrogens is 338 g/mol. The second-order valence-corrected chi connectivity index (χ2v) is 10.8. The van der Waals surface area contributed by atoms with Gasteiger partial charge in [0.2, 0.25) is 0 Å². The molecule has 0 bridgehead atoms. The van der Waals surface area contributed by atoms with E-state index < -0.39 is 8.48 Å². The third-order valence-corrected chi connectivity index (χ3v) is 10.2. The molecule has 1 heterocycles. The van der Waals surface area contributed by atoms with Gasteiger partial charge >= 0.3 is 8.48 Å². The number of hydrogen-bond acceptors (Lipinski definition) is 3. The molecule has 1 saturated heterocycles. The first-order valence-corrected chi connectivity index (χ1v) is 11.3. The Morgan fingerprint density at radius 2 is 1.69 bits per heavy atom. The SMILES string of the molecule is COC[C@@H]1CCCN1[Si](OC)(c1ccccc1)c1c(C)cc(C)cc1C. The molecule has 2 atom stereocenters. The summed E-state index contributed by atoms with van der Waals surface area (Å²) < 4.78 is 14.8. The van der Waals surface area contributed by atoms with E-state index in [2.05, 4.69) is 67.8 Å². The first-order chi connectivity index (χ1) is 12.5. The predicted molar refractivity (Wildman–Crippen MR) is 111 cm³/mol. The van der Waals surface area contributed by atoms with Gasteiger partial charge in [-0.05, 0) is 61.7 Å². The van der Waals surface area contributed by atoms with Crippen LogP contribution >= 0.6 is 0 Å². The van der Waals surface area contributed by atoms with E-state index in [1.54, 1.807) is 7.11 Å². The smallest absolute Gasteiger partial charge is 0.339 e. The van der Waals surface area contributed by atoms with Crippen LogP contribution in [0.1, 0.15) is 29.5 Å². The van der Waals surface area contributed by atoms with Gasteiger partial charge in [-0.15, -0.1) is 0 Å². The lowest BCUT2D eigenvalue weighted by Crippen LogP contribution is -2.74. The first kappa shape index (κ1) is 19.3. The van der Waals surface area contributed by atoms with E-state index in [4.69, 9.17) is 9.16 Å². The summed E-state index contributed by atoms with van der Waals surface area (Å²) in [6, 6.07) is 15.9. The molecular formula is C22H31NO2Si. The van der Waals surface area contributed by atoms with Gasteiger partial charge in [0.1, 0.15) is 0 Å². The van der Waals surface area contributed by atoms with E-state index in [1.807, 2.05) is 7.11 Å². The fourth-order valence-corrected chi connectivity index (χ4v) is 9.42. The van der Waals surface area contributed by atoms with E-state index in [9.17, 15) is 0 Å². The standard InChI is InChI=1S/C22H31NO2Si/c1-17-14-18(2)22(19(3)15-17)26(25-5,21-11-7-6-8-12-21)23-13-9-10-20(23)16-24-4/h6-8,11-12,14-15,20H,9-10,13,16H2,1-5H3/t20-,26?/m0/s1. The lowest BCUT2D eigenvalue weighted by Gasteiger charge is -2.43. The molecule has 2 aromatic rings. The van der Waals surface area contributed by atoms with Crippen LogP contribution < -0.4 is 10.4 Å². The Balaban J connectivity index is 2.26. The molecule has 0 saturated carbocycles. The number of nitrogens with zero attached hydrogens (tertiary/aromatic N) is 1. The van der Waals surface area contributed by atoms with Crippen LogP contribution in [0.2, 0.25) is 0 Å². The summed E-state index contributed by atoms with van der Waals surface area (Å²) in [6.45, 7) is 8.47. The Morgan fingerprint density at radius 3 is 2.27 bits per heavy atom. The van der Waals surface area contributed by atoms with Crippen molar-refractivity contribution in [3.8, 4) is 0 Å². The molecule has 1 aliphatic heterocycles. The largest absolute Gasteiger partial charge is 0.400 e. The summed E-state index contributed by atoms with van der Waals surface area (Å²) in [6.07, 6.45) is 2.37. The molecule has 3 nitrogen and oxygen atoms in total. The summed E-state index contributed by atoms with van der Waals surface area (Å²) in [5, 5.41) is 2.72. The highest BCUT2D eigenvalue weighted by Crippen LogP contribution is 2.27. The van der Waals surface area contributed by atoms with Gasteiger partial charge in [-0.25, -0.2) is 0 Å². The van der Waals surface area contributed by atoms with Crippen molar-refractivity contribution in [3.63, 3.8) is 0 Å². The molecule has 140 valence electrons. The van der Waals surface area contributed by atoms with Crippen molar-refractivity contribution < 1.29 is 9.16 Å². The number of benzene rings is 2. The zero-order valence-electron chi connectivity index (χ0n) is 16.7. The molecule has 2 aromatic carbocycles. The Morgan fingerprint density at radius 1 is 1.04 bits per heavy atom. The van der Waals surface area contributed by atoms with Gasteiger partial charge < -0.3 is 9.16 Å². The summed E-state index contributed by atoms with van der Waals surface area (Å²) in [5.74, 6) is 0. The van der Waals surface area contributed by atoms with Gasteiger partial charge in [-0.2, -0.15) is 0 Å². The molecule has 0 N–H and O–H groups in total. The molecule has 0 aromatic heterocycles. The van der Waals surface area contributed by atoms with Crippen LogP contribution in [0.25, 0.3) is 0 Å². The Kier molecular flexibility index (Phi) is 5.98. The van der Waals surface area contributed by atoms with Crippen LogP contribution in [-0.4, -0.2) is 46.5 Å². The molecule has 0 spiro atoms. The predicted octanol–water partition coefficient (Wildman–Crippen LogP) is 2.93. The molecule has 4 heteroatoms. The van der Waals surface area contributed by atoms with Gasteiger partial charge in [-0.1, -0.05) is 48.0 Å². The van der Waals surface area contributed by atoms with Gasteiger partial charge in [0.25, 0.3) is 0 Å². The van der Waals surface area contributed by atoms with Gasteiger partial charge in [0.15, 0.2) is 0 Å². The summed E-state index contributed by atoms with van der Waals surface area (Å²) in [4.78, 5) is 0. The molecule has 1 unspecified atom stereocenters. The van der Waals surface area contributed by atoms with Gasteiger partial charge in [-0.3, -0.25) is 4.57 Å². The van der Waals surface area contributed by atoms with E-state index in [0.29, 0.717) is 6.04 Å². The number of hydrogen-bond donors (Lipinski definition) is 0. The Bertz CT molecular complexity index is 726. The zero-order chi connectivity index (χ0) is 18.7.